The summed E-state index contributed by atoms with van der Waals surface area (Å²) in [5.74, 6) is 0.0518. The smallest absolute Gasteiger partial charge is 0.240 e. The van der Waals surface area contributed by atoms with Crippen LogP contribution in [-0.2, 0) is 11.2 Å². The summed E-state index contributed by atoms with van der Waals surface area (Å²) in [6.45, 7) is 0.797. The van der Waals surface area contributed by atoms with Gasteiger partial charge in [-0.3, -0.25) is 4.79 Å². The number of rotatable bonds is 4. The second kappa shape index (κ2) is 6.14. The second-order valence-corrected chi connectivity index (χ2v) is 5.61. The Morgan fingerprint density at radius 3 is 2.81 bits per heavy atom. The molecule has 1 aliphatic rings. The normalized spacial score (nSPS) is 19.7. The third kappa shape index (κ3) is 3.00. The van der Waals surface area contributed by atoms with Crippen molar-refractivity contribution in [3.63, 3.8) is 0 Å². The molecule has 4 heteroatoms. The predicted octanol–water partition coefficient (Wildman–Crippen LogP) is 2.25. The van der Waals surface area contributed by atoms with E-state index >= 15 is 0 Å². The fourth-order valence-electron chi connectivity index (χ4n) is 3.07. The van der Waals surface area contributed by atoms with Gasteiger partial charge >= 0.3 is 0 Å². The van der Waals surface area contributed by atoms with Crippen LogP contribution in [0.25, 0.3) is 0 Å². The molecule has 0 radical (unpaired) electrons. The lowest BCUT2D eigenvalue weighted by Gasteiger charge is -2.27. The zero-order valence-electron chi connectivity index (χ0n) is 12.0. The molecule has 3 rings (SSSR count). The van der Waals surface area contributed by atoms with E-state index in [2.05, 4.69) is 4.98 Å². The molecule has 3 N–H and O–H groups in total. The van der Waals surface area contributed by atoms with Gasteiger partial charge in [0.25, 0.3) is 0 Å². The van der Waals surface area contributed by atoms with E-state index in [9.17, 15) is 4.79 Å². The molecule has 1 aliphatic heterocycles. The molecule has 1 aromatic heterocycles. The van der Waals surface area contributed by atoms with Crippen molar-refractivity contribution in [2.24, 2.45) is 5.73 Å². The Balaban J connectivity index is 1.69. The van der Waals surface area contributed by atoms with E-state index in [-0.39, 0.29) is 11.9 Å². The summed E-state index contributed by atoms with van der Waals surface area (Å²) in [6, 6.07) is 13.6. The molecule has 21 heavy (non-hydrogen) atoms. The number of carbonyl (C=O) groups is 1. The third-order valence-electron chi connectivity index (χ3n) is 4.13. The molecule has 2 aromatic rings. The molecule has 1 fully saturated rings. The Morgan fingerprint density at radius 1 is 1.29 bits per heavy atom. The van der Waals surface area contributed by atoms with Crippen molar-refractivity contribution in [3.05, 3.63) is 59.9 Å². The fourth-order valence-corrected chi connectivity index (χ4v) is 3.07. The third-order valence-corrected chi connectivity index (χ3v) is 4.13. The maximum atomic E-state index is 12.6. The summed E-state index contributed by atoms with van der Waals surface area (Å²) in [6.07, 6.45) is 4.53. The summed E-state index contributed by atoms with van der Waals surface area (Å²) in [7, 11) is 0. The number of benzene rings is 1. The lowest BCUT2D eigenvalue weighted by atomic mass is 10.0. The molecule has 4 nitrogen and oxygen atoms in total. The van der Waals surface area contributed by atoms with Crippen molar-refractivity contribution >= 4 is 5.91 Å². The summed E-state index contributed by atoms with van der Waals surface area (Å²) in [4.78, 5) is 17.8. The first kappa shape index (κ1) is 13.9. The molecule has 1 amide bonds. The van der Waals surface area contributed by atoms with E-state index in [4.69, 9.17) is 5.73 Å². The number of hydrogen-bond donors (Lipinski definition) is 2. The molecule has 1 saturated heterocycles. The van der Waals surface area contributed by atoms with Crippen LogP contribution >= 0.6 is 0 Å². The van der Waals surface area contributed by atoms with E-state index in [0.717, 1.165) is 30.6 Å². The van der Waals surface area contributed by atoms with Gasteiger partial charge in [0.15, 0.2) is 0 Å². The number of H-pyrrole nitrogens is 1. The number of carbonyl (C=O) groups excluding carboxylic acids is 1. The van der Waals surface area contributed by atoms with Crippen molar-refractivity contribution in [1.82, 2.24) is 9.88 Å². The number of likely N-dealkylation sites (tertiary alicyclic amines) is 1. The number of nitrogens with two attached hydrogens (primary N) is 1. The van der Waals surface area contributed by atoms with Crippen LogP contribution in [-0.4, -0.2) is 28.4 Å². The number of amides is 1. The summed E-state index contributed by atoms with van der Waals surface area (Å²) in [5.41, 5.74) is 8.35. The van der Waals surface area contributed by atoms with Crippen LogP contribution in [0.2, 0.25) is 0 Å². The van der Waals surface area contributed by atoms with E-state index in [1.54, 1.807) is 0 Å². The number of nitrogens with one attached hydrogen (secondary N) is 1. The topological polar surface area (TPSA) is 62.1 Å². The molecule has 110 valence electrons. The zero-order valence-corrected chi connectivity index (χ0v) is 12.0. The average molecular weight is 283 g/mol. The van der Waals surface area contributed by atoms with Gasteiger partial charge in [-0.15, -0.1) is 0 Å². The highest BCUT2D eigenvalue weighted by Gasteiger charge is 2.33. The maximum absolute atomic E-state index is 12.6. The van der Waals surface area contributed by atoms with Gasteiger partial charge in [0.05, 0.1) is 12.1 Å². The molecule has 0 aliphatic carbocycles. The van der Waals surface area contributed by atoms with Crippen molar-refractivity contribution in [2.45, 2.75) is 31.3 Å². The highest BCUT2D eigenvalue weighted by molar-refractivity contribution is 5.82. The monoisotopic (exact) mass is 283 g/mol. The lowest BCUT2D eigenvalue weighted by Crippen LogP contribution is -2.44. The van der Waals surface area contributed by atoms with Crippen molar-refractivity contribution < 1.29 is 4.79 Å². The largest absolute Gasteiger partial charge is 0.363 e. The fraction of sp³-hybridized carbons (Fsp3) is 0.353. The van der Waals surface area contributed by atoms with Gasteiger partial charge in [0, 0.05) is 18.4 Å². The molecule has 2 heterocycles. The molecule has 2 atom stereocenters. The van der Waals surface area contributed by atoms with Gasteiger partial charge in [-0.2, -0.15) is 0 Å². The second-order valence-electron chi connectivity index (χ2n) is 5.61. The van der Waals surface area contributed by atoms with Gasteiger partial charge in [-0.05, 0) is 37.0 Å². The Kier molecular flexibility index (Phi) is 4.06. The highest BCUT2D eigenvalue weighted by Crippen LogP contribution is 2.31. The molecule has 0 bridgehead atoms. The highest BCUT2D eigenvalue weighted by atomic mass is 16.2. The number of hydrogen-bond acceptors (Lipinski definition) is 2. The Morgan fingerprint density at radius 2 is 2.10 bits per heavy atom. The maximum Gasteiger partial charge on any atom is 0.240 e. The Hall–Kier alpha value is -2.07. The van der Waals surface area contributed by atoms with E-state index in [0.29, 0.717) is 6.42 Å². The standard InChI is InChI=1S/C17H21N3O/c18-14(12-13-6-2-1-3-7-13)17(21)20-11-5-9-16(20)15-8-4-10-19-15/h1-4,6-8,10,14,16,19H,5,9,11-12,18H2/t14-,16?/m0/s1. The van der Waals surface area contributed by atoms with Crippen LogP contribution in [0.15, 0.2) is 48.7 Å². The van der Waals surface area contributed by atoms with Gasteiger partial charge in [0.1, 0.15) is 0 Å². The molecular weight excluding hydrogens is 262 g/mol. The number of aromatic amines is 1. The van der Waals surface area contributed by atoms with Gasteiger partial charge in [-0.1, -0.05) is 30.3 Å². The summed E-state index contributed by atoms with van der Waals surface area (Å²) >= 11 is 0. The number of nitrogens with zero attached hydrogens (tertiary/aromatic N) is 1. The average Bonchev–Trinajstić information content (AvgIpc) is 3.18. The predicted molar refractivity (Wildman–Crippen MR) is 82.6 cm³/mol. The van der Waals surface area contributed by atoms with Crippen LogP contribution < -0.4 is 5.73 Å². The Labute approximate surface area is 125 Å². The number of aromatic nitrogens is 1. The van der Waals surface area contributed by atoms with Gasteiger partial charge in [-0.25, -0.2) is 0 Å². The molecule has 0 saturated carbocycles. The minimum absolute atomic E-state index is 0.0518. The molecule has 1 unspecified atom stereocenters. The summed E-state index contributed by atoms with van der Waals surface area (Å²) in [5, 5.41) is 0. The summed E-state index contributed by atoms with van der Waals surface area (Å²) < 4.78 is 0. The molecule has 1 aromatic carbocycles. The SMILES string of the molecule is N[C@@H](Cc1ccccc1)C(=O)N1CCCC1c1ccc[nH]1. The zero-order chi connectivity index (χ0) is 14.7. The van der Waals surface area contributed by atoms with Crippen LogP contribution in [0.3, 0.4) is 0 Å². The van der Waals surface area contributed by atoms with Crippen LogP contribution in [0, 0.1) is 0 Å². The first-order chi connectivity index (χ1) is 10.3. The first-order valence-electron chi connectivity index (χ1n) is 7.49. The van der Waals surface area contributed by atoms with Gasteiger partial charge < -0.3 is 15.6 Å². The van der Waals surface area contributed by atoms with E-state index in [1.807, 2.05) is 53.6 Å². The Bertz CT molecular complexity index is 579. The van der Waals surface area contributed by atoms with Gasteiger partial charge in [0.2, 0.25) is 5.91 Å². The van der Waals surface area contributed by atoms with E-state index < -0.39 is 6.04 Å². The van der Waals surface area contributed by atoms with Crippen molar-refractivity contribution in [1.29, 1.82) is 0 Å². The first-order valence-corrected chi connectivity index (χ1v) is 7.49. The minimum atomic E-state index is -0.469. The van der Waals surface area contributed by atoms with E-state index in [1.165, 1.54) is 0 Å². The van der Waals surface area contributed by atoms with Crippen LogP contribution in [0.5, 0.6) is 0 Å². The lowest BCUT2D eigenvalue weighted by molar-refractivity contribution is -0.133. The van der Waals surface area contributed by atoms with Crippen LogP contribution in [0.1, 0.15) is 30.1 Å². The minimum Gasteiger partial charge on any atom is -0.363 e. The quantitative estimate of drug-likeness (QED) is 0.904. The van der Waals surface area contributed by atoms with Crippen molar-refractivity contribution in [2.75, 3.05) is 6.54 Å². The van der Waals surface area contributed by atoms with Crippen molar-refractivity contribution in [3.8, 4) is 0 Å². The van der Waals surface area contributed by atoms with Crippen LogP contribution in [0.4, 0.5) is 0 Å². The molecule has 0 spiro atoms. The molecular formula is C17H21N3O.